The zero-order valence-corrected chi connectivity index (χ0v) is 11.5. The monoisotopic (exact) mass is 328 g/mol. The van der Waals surface area contributed by atoms with Crippen LogP contribution in [0.15, 0.2) is 24.5 Å². The number of aliphatic carboxylic acids is 1. The largest absolute Gasteiger partial charge is 1.00 e. The van der Waals surface area contributed by atoms with Crippen molar-refractivity contribution < 1.29 is 32.3 Å². The van der Waals surface area contributed by atoms with Gasteiger partial charge in [0, 0.05) is 24.4 Å². The Morgan fingerprint density at radius 2 is 2.24 bits per heavy atom. The molecule has 98 valence electrons. The molecular weight excluding hydrogens is 312 g/mol. The third kappa shape index (κ3) is 5.98. The predicted molar refractivity (Wildman–Crippen MR) is 59.5 cm³/mol. The first-order chi connectivity index (χ1) is 7.61. The molecule has 1 aromatic rings. The standard InChI is InChI=1S/C10H14N2.C2H4O2.Ag/c1-12-7-3-5-10(12)9-4-2-6-11-8-9;1-2(3)4;/h2,4,6,8,10H,3,5,7H2,1H3;1H3,(H,3,4);/q;;+1/p-1/t10-;;/m0../s1. The van der Waals surface area contributed by atoms with Crippen LogP contribution < -0.4 is 5.11 Å². The number of pyridine rings is 1. The van der Waals surface area contributed by atoms with Crippen LogP contribution in [0.3, 0.4) is 0 Å². The molecule has 1 saturated heterocycles. The first kappa shape index (κ1) is 16.3. The van der Waals surface area contributed by atoms with E-state index in [4.69, 9.17) is 9.90 Å². The Labute approximate surface area is 118 Å². The number of carboxylic acid groups (broad SMARTS) is 1. The molecule has 1 aliphatic heterocycles. The van der Waals surface area contributed by atoms with Crippen LogP contribution in [-0.2, 0) is 27.2 Å². The minimum Gasteiger partial charge on any atom is -0.550 e. The van der Waals surface area contributed by atoms with E-state index < -0.39 is 5.97 Å². The van der Waals surface area contributed by atoms with Crippen molar-refractivity contribution in [1.29, 1.82) is 0 Å². The minimum absolute atomic E-state index is 0. The van der Waals surface area contributed by atoms with Crippen molar-refractivity contribution in [3.8, 4) is 0 Å². The number of carbonyl (C=O) groups is 1. The maximum absolute atomic E-state index is 8.89. The third-order valence-electron chi connectivity index (χ3n) is 2.59. The first-order valence-electron chi connectivity index (χ1n) is 5.39. The summed E-state index contributed by atoms with van der Waals surface area (Å²) < 4.78 is 0. The smallest absolute Gasteiger partial charge is 0.550 e. The van der Waals surface area contributed by atoms with Gasteiger partial charge < -0.3 is 9.90 Å². The molecule has 1 aromatic heterocycles. The Morgan fingerprint density at radius 3 is 2.65 bits per heavy atom. The number of likely N-dealkylation sites (tertiary alicyclic amines) is 1. The Hall–Kier alpha value is -0.680. The van der Waals surface area contributed by atoms with Gasteiger partial charge in [-0.25, -0.2) is 0 Å². The van der Waals surface area contributed by atoms with Gasteiger partial charge in [0.05, 0.1) is 0 Å². The summed E-state index contributed by atoms with van der Waals surface area (Å²) >= 11 is 0. The molecule has 0 bridgehead atoms. The SMILES string of the molecule is CC(=O)[O-].CN1CCC[C@H]1c1cccnc1.[Ag+]. The van der Waals surface area contributed by atoms with Crippen LogP contribution in [0, 0.1) is 0 Å². The van der Waals surface area contributed by atoms with Gasteiger partial charge in [-0.05, 0) is 45.0 Å². The normalized spacial score (nSPS) is 18.8. The predicted octanol–water partition coefficient (Wildman–Crippen LogP) is 0.602. The number of aromatic nitrogens is 1. The molecule has 0 unspecified atom stereocenters. The molecule has 1 aliphatic rings. The van der Waals surface area contributed by atoms with Crippen molar-refractivity contribution in [3.63, 3.8) is 0 Å². The summed E-state index contributed by atoms with van der Waals surface area (Å²) in [6.45, 7) is 2.19. The zero-order chi connectivity index (χ0) is 12.0. The maximum Gasteiger partial charge on any atom is 1.00 e. The summed E-state index contributed by atoms with van der Waals surface area (Å²) in [5, 5.41) is 8.89. The molecule has 1 atom stereocenters. The Morgan fingerprint density at radius 1 is 1.59 bits per heavy atom. The average molecular weight is 329 g/mol. The fourth-order valence-electron chi connectivity index (χ4n) is 1.90. The van der Waals surface area contributed by atoms with Crippen molar-refractivity contribution in [2.75, 3.05) is 13.6 Å². The van der Waals surface area contributed by atoms with Gasteiger partial charge in [-0.3, -0.25) is 9.88 Å². The second-order valence-corrected chi connectivity index (χ2v) is 3.92. The van der Waals surface area contributed by atoms with Crippen molar-refractivity contribution in [1.82, 2.24) is 9.88 Å². The van der Waals surface area contributed by atoms with Gasteiger partial charge >= 0.3 is 22.4 Å². The molecule has 2 heterocycles. The number of nitrogens with zero attached hydrogens (tertiary/aromatic N) is 2. The quantitative estimate of drug-likeness (QED) is 0.708. The van der Waals surface area contributed by atoms with E-state index in [2.05, 4.69) is 23.0 Å². The molecule has 4 nitrogen and oxygen atoms in total. The molecule has 2 rings (SSSR count). The van der Waals surface area contributed by atoms with Crippen molar-refractivity contribution in [2.45, 2.75) is 25.8 Å². The number of hydrogen-bond donors (Lipinski definition) is 0. The average Bonchev–Trinajstić information content (AvgIpc) is 2.65. The van der Waals surface area contributed by atoms with E-state index in [0.717, 1.165) is 6.92 Å². The fraction of sp³-hybridized carbons (Fsp3) is 0.500. The Bertz CT molecular complexity index is 329. The van der Waals surface area contributed by atoms with Gasteiger partial charge in [0.2, 0.25) is 0 Å². The van der Waals surface area contributed by atoms with E-state index in [1.165, 1.54) is 24.9 Å². The summed E-state index contributed by atoms with van der Waals surface area (Å²) in [4.78, 5) is 15.4. The van der Waals surface area contributed by atoms with Crippen LogP contribution in [0.25, 0.3) is 0 Å². The summed E-state index contributed by atoms with van der Waals surface area (Å²) in [7, 11) is 2.19. The topological polar surface area (TPSA) is 56.3 Å². The molecule has 0 radical (unpaired) electrons. The zero-order valence-electron chi connectivity index (χ0n) is 10.0. The van der Waals surface area contributed by atoms with E-state index in [0.29, 0.717) is 6.04 Å². The first-order valence-corrected chi connectivity index (χ1v) is 5.39. The molecule has 1 fully saturated rings. The summed E-state index contributed by atoms with van der Waals surface area (Å²) in [5.74, 6) is -1.08. The van der Waals surface area contributed by atoms with Crippen molar-refractivity contribution in [2.24, 2.45) is 0 Å². The van der Waals surface area contributed by atoms with E-state index in [1.54, 1.807) is 0 Å². The van der Waals surface area contributed by atoms with E-state index >= 15 is 0 Å². The van der Waals surface area contributed by atoms with Crippen LogP contribution in [0.5, 0.6) is 0 Å². The minimum atomic E-state index is -1.08. The van der Waals surface area contributed by atoms with E-state index in [-0.39, 0.29) is 22.4 Å². The van der Waals surface area contributed by atoms with Crippen LogP contribution >= 0.6 is 0 Å². The van der Waals surface area contributed by atoms with Crippen LogP contribution in [0.2, 0.25) is 0 Å². The molecule has 0 saturated carbocycles. The summed E-state index contributed by atoms with van der Waals surface area (Å²) in [5.41, 5.74) is 1.36. The van der Waals surface area contributed by atoms with Crippen LogP contribution in [0.4, 0.5) is 0 Å². The molecule has 0 aromatic carbocycles. The van der Waals surface area contributed by atoms with Gasteiger partial charge in [-0.15, -0.1) is 0 Å². The maximum atomic E-state index is 8.89. The Kier molecular flexibility index (Phi) is 8.08. The second-order valence-electron chi connectivity index (χ2n) is 3.92. The summed E-state index contributed by atoms with van der Waals surface area (Å²) in [6, 6.07) is 4.79. The number of carboxylic acids is 1. The van der Waals surface area contributed by atoms with E-state index in [1.807, 2.05) is 18.5 Å². The number of carbonyl (C=O) groups excluding carboxylic acids is 1. The van der Waals surface area contributed by atoms with Crippen LogP contribution in [0.1, 0.15) is 31.4 Å². The fourth-order valence-corrected chi connectivity index (χ4v) is 1.90. The second kappa shape index (κ2) is 8.42. The molecule has 5 heteroatoms. The molecule has 0 spiro atoms. The van der Waals surface area contributed by atoms with Gasteiger partial charge in [0.15, 0.2) is 0 Å². The van der Waals surface area contributed by atoms with Crippen molar-refractivity contribution >= 4 is 5.97 Å². The van der Waals surface area contributed by atoms with Gasteiger partial charge in [0.25, 0.3) is 0 Å². The molecule has 0 aliphatic carbocycles. The summed E-state index contributed by atoms with van der Waals surface area (Å²) in [6.07, 6.45) is 6.41. The molecule has 17 heavy (non-hydrogen) atoms. The molecule has 0 amide bonds. The van der Waals surface area contributed by atoms with Crippen LogP contribution in [-0.4, -0.2) is 29.4 Å². The van der Waals surface area contributed by atoms with E-state index in [9.17, 15) is 0 Å². The third-order valence-corrected chi connectivity index (χ3v) is 2.59. The molecule has 0 N–H and O–H groups in total. The van der Waals surface area contributed by atoms with Gasteiger partial charge in [0.1, 0.15) is 0 Å². The number of rotatable bonds is 1. The number of hydrogen-bond acceptors (Lipinski definition) is 4. The Balaban J connectivity index is 0.000000453. The molecular formula is C12H17AgN2O2. The van der Waals surface area contributed by atoms with Gasteiger partial charge in [-0.2, -0.15) is 0 Å². The van der Waals surface area contributed by atoms with Crippen molar-refractivity contribution in [3.05, 3.63) is 30.1 Å². The van der Waals surface area contributed by atoms with Gasteiger partial charge in [-0.1, -0.05) is 6.07 Å².